The molecule has 0 radical (unpaired) electrons. The molecule has 0 unspecified atom stereocenters. The standard InChI is InChI=1S/C14H17N3O5/c15-12(18)7-17-14(20)4-3-13(19)16-6-9-1-2-10-11(5-9)22-8-21-10/h1-2,5H,3-4,6-8H2,(H2,15,18)(H,16,19)(H,17,20). The molecule has 0 spiro atoms. The average Bonchev–Trinajstić information content (AvgIpc) is 2.96. The van der Waals surface area contributed by atoms with Gasteiger partial charge in [0, 0.05) is 19.4 Å². The molecule has 0 atom stereocenters. The minimum atomic E-state index is -0.624. The first kappa shape index (κ1) is 15.6. The van der Waals surface area contributed by atoms with Crippen molar-refractivity contribution < 1.29 is 23.9 Å². The summed E-state index contributed by atoms with van der Waals surface area (Å²) < 4.78 is 10.4. The van der Waals surface area contributed by atoms with Gasteiger partial charge in [-0.05, 0) is 17.7 Å². The first-order valence-electron chi connectivity index (χ1n) is 6.75. The van der Waals surface area contributed by atoms with E-state index in [9.17, 15) is 14.4 Å². The summed E-state index contributed by atoms with van der Waals surface area (Å²) >= 11 is 0. The molecule has 0 saturated carbocycles. The molecule has 0 bridgehead atoms. The third-order valence-electron chi connectivity index (χ3n) is 2.97. The number of fused-ring (bicyclic) bond motifs is 1. The number of carbonyl (C=O) groups excluding carboxylic acids is 3. The van der Waals surface area contributed by atoms with Crippen LogP contribution in [0.4, 0.5) is 0 Å². The van der Waals surface area contributed by atoms with Gasteiger partial charge in [-0.25, -0.2) is 0 Å². The summed E-state index contributed by atoms with van der Waals surface area (Å²) in [6.45, 7) is 0.307. The fourth-order valence-electron chi connectivity index (χ4n) is 1.84. The first-order chi connectivity index (χ1) is 10.5. The normalized spacial score (nSPS) is 11.8. The van der Waals surface area contributed by atoms with Gasteiger partial charge in [-0.15, -0.1) is 0 Å². The van der Waals surface area contributed by atoms with Gasteiger partial charge in [0.15, 0.2) is 11.5 Å². The maximum Gasteiger partial charge on any atom is 0.236 e. The van der Waals surface area contributed by atoms with Gasteiger partial charge in [-0.3, -0.25) is 14.4 Å². The Labute approximate surface area is 126 Å². The van der Waals surface area contributed by atoms with Crippen molar-refractivity contribution in [3.63, 3.8) is 0 Å². The smallest absolute Gasteiger partial charge is 0.236 e. The predicted molar refractivity (Wildman–Crippen MR) is 75.8 cm³/mol. The molecule has 8 nitrogen and oxygen atoms in total. The maximum atomic E-state index is 11.7. The number of hydrogen-bond acceptors (Lipinski definition) is 5. The highest BCUT2D eigenvalue weighted by atomic mass is 16.7. The Hall–Kier alpha value is -2.77. The van der Waals surface area contributed by atoms with Gasteiger partial charge in [-0.2, -0.15) is 0 Å². The topological polar surface area (TPSA) is 120 Å². The van der Waals surface area contributed by atoms with Crippen molar-refractivity contribution in [2.24, 2.45) is 5.73 Å². The Balaban J connectivity index is 1.69. The van der Waals surface area contributed by atoms with Crippen molar-refractivity contribution in [2.45, 2.75) is 19.4 Å². The number of nitrogens with one attached hydrogen (secondary N) is 2. The van der Waals surface area contributed by atoms with Crippen molar-refractivity contribution in [3.05, 3.63) is 23.8 Å². The molecule has 1 heterocycles. The number of ether oxygens (including phenoxy) is 2. The molecule has 1 aliphatic rings. The van der Waals surface area contributed by atoms with E-state index in [2.05, 4.69) is 10.6 Å². The van der Waals surface area contributed by atoms with Crippen LogP contribution >= 0.6 is 0 Å². The summed E-state index contributed by atoms with van der Waals surface area (Å²) in [6.07, 6.45) is 0.0371. The second-order valence-corrected chi connectivity index (χ2v) is 4.71. The second-order valence-electron chi connectivity index (χ2n) is 4.71. The van der Waals surface area contributed by atoms with Gasteiger partial charge >= 0.3 is 0 Å². The Bertz CT molecular complexity index is 588. The van der Waals surface area contributed by atoms with E-state index in [0.29, 0.717) is 18.0 Å². The van der Waals surface area contributed by atoms with Gasteiger partial charge in [0.1, 0.15) is 0 Å². The Morgan fingerprint density at radius 1 is 1.05 bits per heavy atom. The van der Waals surface area contributed by atoms with Crippen molar-refractivity contribution in [2.75, 3.05) is 13.3 Å². The minimum Gasteiger partial charge on any atom is -0.454 e. The fraction of sp³-hybridized carbons (Fsp3) is 0.357. The van der Waals surface area contributed by atoms with Crippen LogP contribution in [0.5, 0.6) is 11.5 Å². The number of benzene rings is 1. The fourth-order valence-corrected chi connectivity index (χ4v) is 1.84. The molecule has 1 aromatic carbocycles. The average molecular weight is 307 g/mol. The number of nitrogens with two attached hydrogens (primary N) is 1. The minimum absolute atomic E-state index is 0.000250. The van der Waals surface area contributed by atoms with Crippen LogP contribution in [-0.4, -0.2) is 31.1 Å². The summed E-state index contributed by atoms with van der Waals surface area (Å²) in [5.74, 6) is 0.0586. The van der Waals surface area contributed by atoms with E-state index in [1.165, 1.54) is 0 Å². The van der Waals surface area contributed by atoms with Gasteiger partial charge in [-0.1, -0.05) is 6.07 Å². The molecule has 1 aromatic rings. The van der Waals surface area contributed by atoms with Crippen LogP contribution in [0.15, 0.2) is 18.2 Å². The number of carbonyl (C=O) groups is 3. The van der Waals surface area contributed by atoms with Gasteiger partial charge in [0.05, 0.1) is 6.54 Å². The van der Waals surface area contributed by atoms with Crippen LogP contribution in [-0.2, 0) is 20.9 Å². The highest BCUT2D eigenvalue weighted by Gasteiger charge is 2.13. The van der Waals surface area contributed by atoms with Crippen LogP contribution < -0.4 is 25.8 Å². The molecular formula is C14H17N3O5. The van der Waals surface area contributed by atoms with E-state index < -0.39 is 11.8 Å². The number of rotatable bonds is 7. The number of primary amides is 1. The van der Waals surface area contributed by atoms with Gasteiger partial charge < -0.3 is 25.8 Å². The molecule has 0 fully saturated rings. The molecule has 0 saturated heterocycles. The molecule has 118 valence electrons. The molecule has 2 rings (SSSR count). The van der Waals surface area contributed by atoms with E-state index in [1.807, 2.05) is 6.07 Å². The van der Waals surface area contributed by atoms with Crippen molar-refractivity contribution in [1.29, 1.82) is 0 Å². The molecule has 8 heteroatoms. The van der Waals surface area contributed by atoms with E-state index in [4.69, 9.17) is 15.2 Å². The lowest BCUT2D eigenvalue weighted by Crippen LogP contribution is -2.34. The van der Waals surface area contributed by atoms with Gasteiger partial charge in [0.2, 0.25) is 24.5 Å². The lowest BCUT2D eigenvalue weighted by molar-refractivity contribution is -0.127. The Morgan fingerprint density at radius 2 is 1.73 bits per heavy atom. The third kappa shape index (κ3) is 4.65. The molecule has 0 aromatic heterocycles. The van der Waals surface area contributed by atoms with Crippen LogP contribution in [0.2, 0.25) is 0 Å². The Kier molecular flexibility index (Phi) is 5.18. The maximum absolute atomic E-state index is 11.7. The Morgan fingerprint density at radius 3 is 2.45 bits per heavy atom. The molecule has 22 heavy (non-hydrogen) atoms. The number of amides is 3. The summed E-state index contributed by atoms with van der Waals surface area (Å²) in [7, 11) is 0. The molecule has 1 aliphatic heterocycles. The van der Waals surface area contributed by atoms with E-state index in [1.54, 1.807) is 12.1 Å². The van der Waals surface area contributed by atoms with E-state index >= 15 is 0 Å². The SMILES string of the molecule is NC(=O)CNC(=O)CCC(=O)NCc1ccc2c(c1)OCO2. The first-order valence-corrected chi connectivity index (χ1v) is 6.75. The molecule has 3 amide bonds. The summed E-state index contributed by atoms with van der Waals surface area (Å²) in [6, 6.07) is 5.40. The van der Waals surface area contributed by atoms with E-state index in [-0.39, 0.29) is 32.1 Å². The summed E-state index contributed by atoms with van der Waals surface area (Å²) in [5.41, 5.74) is 5.77. The quantitative estimate of drug-likeness (QED) is 0.622. The summed E-state index contributed by atoms with van der Waals surface area (Å²) in [4.78, 5) is 33.5. The zero-order valence-electron chi connectivity index (χ0n) is 11.9. The lowest BCUT2D eigenvalue weighted by atomic mass is 10.2. The zero-order chi connectivity index (χ0) is 15.9. The van der Waals surface area contributed by atoms with Gasteiger partial charge in [0.25, 0.3) is 0 Å². The second kappa shape index (κ2) is 7.30. The van der Waals surface area contributed by atoms with Crippen molar-refractivity contribution in [3.8, 4) is 11.5 Å². The number of hydrogen-bond donors (Lipinski definition) is 3. The lowest BCUT2D eigenvalue weighted by Gasteiger charge is -2.06. The van der Waals surface area contributed by atoms with Crippen LogP contribution in [0.25, 0.3) is 0 Å². The third-order valence-corrected chi connectivity index (χ3v) is 2.97. The largest absolute Gasteiger partial charge is 0.454 e. The van der Waals surface area contributed by atoms with E-state index in [0.717, 1.165) is 5.56 Å². The van der Waals surface area contributed by atoms with Crippen molar-refractivity contribution in [1.82, 2.24) is 10.6 Å². The highest BCUT2D eigenvalue weighted by Crippen LogP contribution is 2.32. The monoisotopic (exact) mass is 307 g/mol. The molecule has 4 N–H and O–H groups in total. The predicted octanol–water partition coefficient (Wildman–Crippen LogP) is -0.587. The zero-order valence-corrected chi connectivity index (χ0v) is 11.9. The van der Waals surface area contributed by atoms with Crippen LogP contribution in [0.3, 0.4) is 0 Å². The van der Waals surface area contributed by atoms with Crippen molar-refractivity contribution >= 4 is 17.7 Å². The van der Waals surface area contributed by atoms with Crippen LogP contribution in [0.1, 0.15) is 18.4 Å². The highest BCUT2D eigenvalue weighted by molar-refractivity contribution is 5.86. The summed E-state index contributed by atoms with van der Waals surface area (Å²) in [5, 5.41) is 5.02. The molecule has 0 aliphatic carbocycles. The molecular weight excluding hydrogens is 290 g/mol. The van der Waals surface area contributed by atoms with Crippen LogP contribution in [0, 0.1) is 0 Å².